The number of ether oxygens (including phenoxy) is 1. The lowest BCUT2D eigenvalue weighted by Gasteiger charge is -2.36. The van der Waals surface area contributed by atoms with E-state index in [1.54, 1.807) is 0 Å². The van der Waals surface area contributed by atoms with Gasteiger partial charge in [-0.1, -0.05) is 0 Å². The molecule has 4 fully saturated rings. The maximum Gasteiger partial charge on any atom is 0.0827 e. The number of nitrogens with one attached hydrogen (secondary N) is 1. The molecule has 0 aromatic rings. The Balaban J connectivity index is 1.26. The molecule has 0 saturated carbocycles. The minimum atomic E-state index is 0.421. The highest BCUT2D eigenvalue weighted by atomic mass is 16.5. The predicted octanol–water partition coefficient (Wildman–Crippen LogP) is 0.676. The summed E-state index contributed by atoms with van der Waals surface area (Å²) in [5.41, 5.74) is 0. The van der Waals surface area contributed by atoms with Crippen molar-refractivity contribution in [3.05, 3.63) is 0 Å². The SMILES string of the molecule is C1CC2COC(CNC3CCN4CCCC34)CN2C1. The molecule has 4 atom stereocenters. The third-order valence-electron chi connectivity index (χ3n) is 5.68. The molecule has 4 rings (SSSR count). The number of hydrogen-bond acceptors (Lipinski definition) is 4. The first-order chi connectivity index (χ1) is 9.40. The van der Waals surface area contributed by atoms with Crippen molar-refractivity contribution in [3.8, 4) is 0 Å². The quantitative estimate of drug-likeness (QED) is 0.812. The molecule has 4 unspecified atom stereocenters. The van der Waals surface area contributed by atoms with Gasteiger partial charge in [-0.25, -0.2) is 0 Å². The summed E-state index contributed by atoms with van der Waals surface area (Å²) in [5, 5.41) is 3.81. The van der Waals surface area contributed by atoms with E-state index in [9.17, 15) is 0 Å². The summed E-state index contributed by atoms with van der Waals surface area (Å²) in [7, 11) is 0. The molecule has 0 spiro atoms. The second kappa shape index (κ2) is 5.32. The van der Waals surface area contributed by atoms with E-state index in [2.05, 4.69) is 15.1 Å². The normalized spacial score (nSPS) is 43.6. The Bertz CT molecular complexity index is 325. The summed E-state index contributed by atoms with van der Waals surface area (Å²) in [6, 6.07) is 2.28. The fraction of sp³-hybridized carbons (Fsp3) is 1.00. The van der Waals surface area contributed by atoms with Gasteiger partial charge in [0, 0.05) is 37.8 Å². The van der Waals surface area contributed by atoms with E-state index in [-0.39, 0.29) is 0 Å². The lowest BCUT2D eigenvalue weighted by atomic mass is 10.1. The van der Waals surface area contributed by atoms with Gasteiger partial charge in [-0.3, -0.25) is 9.80 Å². The highest BCUT2D eigenvalue weighted by Gasteiger charge is 2.38. The standard InChI is InChI=1S/C15H27N3O/c1-3-12-11-19-13(10-18(12)7-1)9-16-14-5-8-17-6-2-4-15(14)17/h12-16H,1-11H2. The van der Waals surface area contributed by atoms with Crippen molar-refractivity contribution in [3.63, 3.8) is 0 Å². The van der Waals surface area contributed by atoms with Gasteiger partial charge in [0.2, 0.25) is 0 Å². The van der Waals surface area contributed by atoms with E-state index < -0.39 is 0 Å². The van der Waals surface area contributed by atoms with Crippen LogP contribution >= 0.6 is 0 Å². The highest BCUT2D eigenvalue weighted by molar-refractivity contribution is 4.96. The number of morpholine rings is 1. The Labute approximate surface area is 116 Å². The van der Waals surface area contributed by atoms with Gasteiger partial charge in [0.1, 0.15) is 0 Å². The van der Waals surface area contributed by atoms with Crippen molar-refractivity contribution in [2.24, 2.45) is 0 Å². The monoisotopic (exact) mass is 265 g/mol. The summed E-state index contributed by atoms with van der Waals surface area (Å²) >= 11 is 0. The summed E-state index contributed by atoms with van der Waals surface area (Å²) in [6.07, 6.45) is 7.28. The van der Waals surface area contributed by atoms with Crippen LogP contribution in [0.25, 0.3) is 0 Å². The van der Waals surface area contributed by atoms with Gasteiger partial charge in [0.05, 0.1) is 12.7 Å². The molecule has 4 saturated heterocycles. The molecule has 108 valence electrons. The van der Waals surface area contributed by atoms with Crippen LogP contribution in [-0.2, 0) is 4.74 Å². The maximum atomic E-state index is 6.05. The minimum absolute atomic E-state index is 0.421. The second-order valence-electron chi connectivity index (χ2n) is 6.80. The van der Waals surface area contributed by atoms with Crippen LogP contribution in [0.2, 0.25) is 0 Å². The molecular formula is C15H27N3O. The molecular weight excluding hydrogens is 238 g/mol. The van der Waals surface area contributed by atoms with E-state index in [4.69, 9.17) is 4.74 Å². The third kappa shape index (κ3) is 2.44. The smallest absolute Gasteiger partial charge is 0.0827 e. The van der Waals surface area contributed by atoms with Gasteiger partial charge in [0.25, 0.3) is 0 Å². The van der Waals surface area contributed by atoms with E-state index in [1.165, 1.54) is 51.7 Å². The van der Waals surface area contributed by atoms with Crippen molar-refractivity contribution in [2.75, 3.05) is 39.3 Å². The summed E-state index contributed by atoms with van der Waals surface area (Å²) in [5.74, 6) is 0. The topological polar surface area (TPSA) is 27.7 Å². The molecule has 1 N–H and O–H groups in total. The Morgan fingerprint density at radius 2 is 1.89 bits per heavy atom. The fourth-order valence-corrected chi connectivity index (χ4v) is 4.61. The molecule has 0 aromatic heterocycles. The van der Waals surface area contributed by atoms with Crippen molar-refractivity contribution >= 4 is 0 Å². The fourth-order valence-electron chi connectivity index (χ4n) is 4.61. The average Bonchev–Trinajstić information content (AvgIpc) is 3.12. The molecule has 19 heavy (non-hydrogen) atoms. The molecule has 4 heteroatoms. The van der Waals surface area contributed by atoms with Gasteiger partial charge < -0.3 is 10.1 Å². The van der Waals surface area contributed by atoms with Crippen molar-refractivity contribution < 1.29 is 4.74 Å². The van der Waals surface area contributed by atoms with Crippen LogP contribution in [0.1, 0.15) is 32.1 Å². The highest BCUT2D eigenvalue weighted by Crippen LogP contribution is 2.28. The van der Waals surface area contributed by atoms with Gasteiger partial charge >= 0.3 is 0 Å². The average molecular weight is 265 g/mol. The van der Waals surface area contributed by atoms with Crippen LogP contribution in [0.3, 0.4) is 0 Å². The van der Waals surface area contributed by atoms with Crippen LogP contribution in [0, 0.1) is 0 Å². The molecule has 0 radical (unpaired) electrons. The van der Waals surface area contributed by atoms with Crippen LogP contribution in [0.4, 0.5) is 0 Å². The van der Waals surface area contributed by atoms with E-state index in [0.717, 1.165) is 37.8 Å². The zero-order chi connectivity index (χ0) is 12.7. The zero-order valence-electron chi connectivity index (χ0n) is 11.9. The second-order valence-corrected chi connectivity index (χ2v) is 6.80. The van der Waals surface area contributed by atoms with Crippen molar-refractivity contribution in [1.82, 2.24) is 15.1 Å². The van der Waals surface area contributed by atoms with Gasteiger partial charge in [-0.2, -0.15) is 0 Å². The molecule has 4 aliphatic heterocycles. The summed E-state index contributed by atoms with van der Waals surface area (Å²) in [4.78, 5) is 5.32. The third-order valence-corrected chi connectivity index (χ3v) is 5.68. The Morgan fingerprint density at radius 3 is 2.89 bits per heavy atom. The number of nitrogens with zero attached hydrogens (tertiary/aromatic N) is 2. The van der Waals surface area contributed by atoms with Crippen LogP contribution < -0.4 is 5.32 Å². The molecule has 0 amide bonds. The molecule has 0 bridgehead atoms. The summed E-state index contributed by atoms with van der Waals surface area (Å²) < 4.78 is 6.05. The van der Waals surface area contributed by atoms with E-state index in [0.29, 0.717) is 6.10 Å². The van der Waals surface area contributed by atoms with Crippen LogP contribution in [0.5, 0.6) is 0 Å². The Kier molecular flexibility index (Phi) is 3.52. The molecule has 4 heterocycles. The van der Waals surface area contributed by atoms with Gasteiger partial charge in [0.15, 0.2) is 0 Å². The molecule has 0 aliphatic carbocycles. The minimum Gasteiger partial charge on any atom is -0.374 e. The predicted molar refractivity (Wildman–Crippen MR) is 75.3 cm³/mol. The first kappa shape index (κ1) is 12.6. The lowest BCUT2D eigenvalue weighted by Crippen LogP contribution is -2.51. The molecule has 4 aliphatic rings. The zero-order valence-corrected chi connectivity index (χ0v) is 11.9. The van der Waals surface area contributed by atoms with Crippen LogP contribution in [-0.4, -0.2) is 73.4 Å². The molecule has 0 aromatic carbocycles. The van der Waals surface area contributed by atoms with E-state index >= 15 is 0 Å². The van der Waals surface area contributed by atoms with Crippen molar-refractivity contribution in [1.29, 1.82) is 0 Å². The molecule has 4 nitrogen and oxygen atoms in total. The van der Waals surface area contributed by atoms with Gasteiger partial charge in [-0.05, 0) is 45.2 Å². The summed E-state index contributed by atoms with van der Waals surface area (Å²) in [6.45, 7) is 7.11. The largest absolute Gasteiger partial charge is 0.374 e. The number of fused-ring (bicyclic) bond motifs is 2. The van der Waals surface area contributed by atoms with Gasteiger partial charge in [-0.15, -0.1) is 0 Å². The van der Waals surface area contributed by atoms with E-state index in [1.807, 2.05) is 0 Å². The lowest BCUT2D eigenvalue weighted by molar-refractivity contribution is -0.0480. The van der Waals surface area contributed by atoms with Crippen LogP contribution in [0.15, 0.2) is 0 Å². The first-order valence-electron chi connectivity index (χ1n) is 8.23. The number of hydrogen-bond donors (Lipinski definition) is 1. The Morgan fingerprint density at radius 1 is 1.00 bits per heavy atom. The van der Waals surface area contributed by atoms with Crippen molar-refractivity contribution in [2.45, 2.75) is 56.3 Å². The maximum absolute atomic E-state index is 6.05. The number of rotatable bonds is 3. The Hall–Kier alpha value is -0.160. The first-order valence-corrected chi connectivity index (χ1v) is 8.23.